The molecule has 2 N–H and O–H groups in total. The second-order valence-corrected chi connectivity index (χ2v) is 6.93. The maximum Gasteiger partial charge on any atom is 0.251 e. The second kappa shape index (κ2) is 6.19. The van der Waals surface area contributed by atoms with E-state index in [9.17, 15) is 4.39 Å². The maximum atomic E-state index is 13.6. The summed E-state index contributed by atoms with van der Waals surface area (Å²) in [7, 11) is 0. The number of hydrogen-bond acceptors (Lipinski definition) is 3. The predicted molar refractivity (Wildman–Crippen MR) is 99.9 cm³/mol. The molecule has 0 atom stereocenters. The van der Waals surface area contributed by atoms with Gasteiger partial charge < -0.3 is 20.1 Å². The van der Waals surface area contributed by atoms with E-state index in [0.29, 0.717) is 16.4 Å². The molecule has 0 unspecified atom stereocenters. The first-order valence-corrected chi connectivity index (χ1v) is 8.80. The Kier molecular flexibility index (Phi) is 4.00. The maximum absolute atomic E-state index is 13.6. The molecule has 1 spiro atoms. The van der Waals surface area contributed by atoms with Crippen LogP contribution in [-0.2, 0) is 0 Å². The predicted octanol–water partition coefficient (Wildman–Crippen LogP) is 4.98. The van der Waals surface area contributed by atoms with Crippen LogP contribution in [0.1, 0.15) is 31.2 Å². The number of benzene rings is 2. The Hall–Kier alpha value is -2.34. The van der Waals surface area contributed by atoms with Gasteiger partial charge in [-0.25, -0.2) is 4.39 Å². The summed E-state index contributed by atoms with van der Waals surface area (Å²) in [6.07, 6.45) is 4.09. The Labute approximate surface area is 151 Å². The smallest absolute Gasteiger partial charge is 0.251 e. The standard InChI is InChI=1S/C19H19FN2O2S/c1-12-4-5-13(10-15(12)20)21-18(25)22-14-6-7-16-17(11-14)24-19(23-16)8-2-3-9-19/h4-7,10-11H,2-3,8-9H2,1H3,(H2,21,22,25). The molecule has 0 bridgehead atoms. The van der Waals surface area contributed by atoms with Crippen LogP contribution in [0.2, 0.25) is 0 Å². The van der Waals surface area contributed by atoms with Crippen molar-refractivity contribution in [1.29, 1.82) is 0 Å². The van der Waals surface area contributed by atoms with Gasteiger partial charge in [0.15, 0.2) is 16.6 Å². The minimum Gasteiger partial charge on any atom is -0.448 e. The van der Waals surface area contributed by atoms with Gasteiger partial charge in [0.25, 0.3) is 5.79 Å². The average Bonchev–Trinajstić information content (AvgIpc) is 3.17. The largest absolute Gasteiger partial charge is 0.448 e. The van der Waals surface area contributed by atoms with Crippen LogP contribution < -0.4 is 20.1 Å². The normalized spacial score (nSPS) is 16.9. The number of anilines is 2. The van der Waals surface area contributed by atoms with E-state index in [1.807, 2.05) is 18.2 Å². The molecule has 1 aliphatic carbocycles. The molecule has 2 aromatic rings. The van der Waals surface area contributed by atoms with E-state index in [1.165, 1.54) is 6.07 Å². The Balaban J connectivity index is 1.43. The van der Waals surface area contributed by atoms with Gasteiger partial charge in [-0.3, -0.25) is 0 Å². The molecule has 1 fully saturated rings. The Morgan fingerprint density at radius 2 is 1.64 bits per heavy atom. The molecule has 130 valence electrons. The zero-order valence-corrected chi connectivity index (χ0v) is 14.7. The van der Waals surface area contributed by atoms with Crippen molar-refractivity contribution in [3.05, 3.63) is 47.8 Å². The number of fused-ring (bicyclic) bond motifs is 1. The molecule has 6 heteroatoms. The molecule has 2 aromatic carbocycles. The summed E-state index contributed by atoms with van der Waals surface area (Å²) in [5.74, 6) is 0.764. The molecule has 0 amide bonds. The molecular weight excluding hydrogens is 339 g/mol. The van der Waals surface area contributed by atoms with E-state index in [2.05, 4.69) is 10.6 Å². The third kappa shape index (κ3) is 3.26. The number of hydrogen-bond donors (Lipinski definition) is 2. The summed E-state index contributed by atoms with van der Waals surface area (Å²) in [6, 6.07) is 10.6. The van der Waals surface area contributed by atoms with E-state index in [0.717, 1.165) is 42.9 Å². The Morgan fingerprint density at radius 1 is 1.00 bits per heavy atom. The number of aryl methyl sites for hydroxylation is 1. The van der Waals surface area contributed by atoms with Crippen LogP contribution in [0.4, 0.5) is 15.8 Å². The van der Waals surface area contributed by atoms with Crippen LogP contribution in [0.15, 0.2) is 36.4 Å². The highest BCUT2D eigenvalue weighted by Gasteiger charge is 2.44. The lowest BCUT2D eigenvalue weighted by atomic mass is 10.2. The van der Waals surface area contributed by atoms with Crippen LogP contribution in [-0.4, -0.2) is 10.9 Å². The second-order valence-electron chi connectivity index (χ2n) is 6.53. The van der Waals surface area contributed by atoms with Crippen molar-refractivity contribution in [2.24, 2.45) is 0 Å². The highest BCUT2D eigenvalue weighted by molar-refractivity contribution is 7.80. The molecule has 1 saturated carbocycles. The number of rotatable bonds is 2. The van der Waals surface area contributed by atoms with E-state index < -0.39 is 5.79 Å². The van der Waals surface area contributed by atoms with Crippen LogP contribution in [0, 0.1) is 12.7 Å². The van der Waals surface area contributed by atoms with Gasteiger partial charge in [-0.2, -0.15) is 0 Å². The molecule has 4 rings (SSSR count). The topological polar surface area (TPSA) is 42.5 Å². The van der Waals surface area contributed by atoms with Crippen molar-refractivity contribution in [3.8, 4) is 11.5 Å². The summed E-state index contributed by atoms with van der Waals surface area (Å²) in [5.41, 5.74) is 2.00. The summed E-state index contributed by atoms with van der Waals surface area (Å²) in [6.45, 7) is 1.72. The highest BCUT2D eigenvalue weighted by atomic mass is 32.1. The molecule has 0 aromatic heterocycles. The van der Waals surface area contributed by atoms with Gasteiger partial charge >= 0.3 is 0 Å². The van der Waals surface area contributed by atoms with Crippen LogP contribution in [0.3, 0.4) is 0 Å². The molecular formula is C19H19FN2O2S. The summed E-state index contributed by atoms with van der Waals surface area (Å²) in [5, 5.41) is 6.47. The van der Waals surface area contributed by atoms with Crippen molar-refractivity contribution in [2.75, 3.05) is 10.6 Å². The first-order chi connectivity index (χ1) is 12.0. The van der Waals surface area contributed by atoms with Gasteiger partial charge in [-0.15, -0.1) is 0 Å². The Bertz CT molecular complexity index is 834. The van der Waals surface area contributed by atoms with Gasteiger partial charge in [0.2, 0.25) is 0 Å². The summed E-state index contributed by atoms with van der Waals surface area (Å²) < 4.78 is 25.7. The van der Waals surface area contributed by atoms with Gasteiger partial charge in [-0.1, -0.05) is 6.07 Å². The SMILES string of the molecule is Cc1ccc(NC(=S)Nc2ccc3c(c2)OC2(CCCC2)O3)cc1F. The third-order valence-electron chi connectivity index (χ3n) is 4.59. The van der Waals surface area contributed by atoms with Crippen molar-refractivity contribution >= 4 is 28.7 Å². The molecule has 1 heterocycles. The molecule has 25 heavy (non-hydrogen) atoms. The number of thiocarbonyl (C=S) groups is 1. The van der Waals surface area contributed by atoms with E-state index in [1.54, 1.807) is 19.1 Å². The van der Waals surface area contributed by atoms with Crippen LogP contribution in [0.25, 0.3) is 0 Å². The van der Waals surface area contributed by atoms with Gasteiger partial charge in [-0.05, 0) is 61.8 Å². The first kappa shape index (κ1) is 16.1. The van der Waals surface area contributed by atoms with Crippen molar-refractivity contribution in [2.45, 2.75) is 38.4 Å². The lowest BCUT2D eigenvalue weighted by Crippen LogP contribution is -2.34. The first-order valence-electron chi connectivity index (χ1n) is 8.39. The number of nitrogens with one attached hydrogen (secondary N) is 2. The number of ether oxygens (including phenoxy) is 2. The minimum atomic E-state index is -0.473. The molecule has 0 radical (unpaired) electrons. The number of halogens is 1. The zero-order chi connectivity index (χ0) is 17.4. The van der Waals surface area contributed by atoms with Crippen molar-refractivity contribution < 1.29 is 13.9 Å². The fourth-order valence-corrected chi connectivity index (χ4v) is 3.49. The minimum absolute atomic E-state index is 0.266. The molecule has 2 aliphatic rings. The molecule has 0 saturated heterocycles. The lowest BCUT2D eigenvalue weighted by molar-refractivity contribution is -0.0716. The fourth-order valence-electron chi connectivity index (χ4n) is 3.25. The van der Waals surface area contributed by atoms with Crippen LogP contribution >= 0.6 is 12.2 Å². The zero-order valence-electron chi connectivity index (χ0n) is 13.9. The van der Waals surface area contributed by atoms with Gasteiger partial charge in [0, 0.05) is 30.3 Å². The molecule has 1 aliphatic heterocycles. The van der Waals surface area contributed by atoms with Crippen LogP contribution in [0.5, 0.6) is 11.5 Å². The highest BCUT2D eigenvalue weighted by Crippen LogP contribution is 2.47. The monoisotopic (exact) mass is 358 g/mol. The fraction of sp³-hybridized carbons (Fsp3) is 0.316. The van der Waals surface area contributed by atoms with E-state index in [4.69, 9.17) is 21.7 Å². The van der Waals surface area contributed by atoms with Gasteiger partial charge in [0.1, 0.15) is 5.82 Å². The van der Waals surface area contributed by atoms with E-state index in [-0.39, 0.29) is 5.82 Å². The third-order valence-corrected chi connectivity index (χ3v) is 4.79. The Morgan fingerprint density at radius 3 is 2.36 bits per heavy atom. The summed E-state index contributed by atoms with van der Waals surface area (Å²) in [4.78, 5) is 0. The van der Waals surface area contributed by atoms with E-state index >= 15 is 0 Å². The quantitative estimate of drug-likeness (QED) is 0.741. The van der Waals surface area contributed by atoms with Gasteiger partial charge in [0.05, 0.1) is 0 Å². The lowest BCUT2D eigenvalue weighted by Gasteiger charge is -2.21. The average molecular weight is 358 g/mol. The summed E-state index contributed by atoms with van der Waals surface area (Å²) >= 11 is 5.31. The molecule has 4 nitrogen and oxygen atoms in total. The van der Waals surface area contributed by atoms with Crippen molar-refractivity contribution in [3.63, 3.8) is 0 Å². The van der Waals surface area contributed by atoms with Crippen molar-refractivity contribution in [1.82, 2.24) is 0 Å².